The number of hydrogen-bond acceptors (Lipinski definition) is 3. The van der Waals surface area contributed by atoms with Gasteiger partial charge in [0.05, 0.1) is 0 Å². The molecule has 4 heteroatoms. The fraction of sp³-hybridized carbons (Fsp3) is 0.600. The number of likely N-dealkylation sites (tertiary alicyclic amines) is 1. The second-order valence-corrected chi connectivity index (χ2v) is 5.63. The Morgan fingerprint density at radius 2 is 2.16 bits per heavy atom. The summed E-state index contributed by atoms with van der Waals surface area (Å²) in [6.45, 7) is 7.37. The lowest BCUT2D eigenvalue weighted by Gasteiger charge is -2.44. The second kappa shape index (κ2) is 5.29. The zero-order valence-corrected chi connectivity index (χ0v) is 12.1. The third-order valence-electron chi connectivity index (χ3n) is 4.23. The summed E-state index contributed by atoms with van der Waals surface area (Å²) >= 11 is 0. The number of methoxy groups -OCH3 is 1. The van der Waals surface area contributed by atoms with Crippen LogP contribution in [0.25, 0.3) is 0 Å². The highest BCUT2D eigenvalue weighted by molar-refractivity contribution is 5.86. The first-order valence-electron chi connectivity index (χ1n) is 6.74. The topological polar surface area (TPSA) is 42.4 Å². The third-order valence-corrected chi connectivity index (χ3v) is 4.23. The molecule has 1 fully saturated rings. The maximum absolute atomic E-state index is 12.5. The third kappa shape index (κ3) is 2.50. The minimum absolute atomic E-state index is 0.0807. The second-order valence-electron chi connectivity index (χ2n) is 5.63. The highest BCUT2D eigenvalue weighted by Gasteiger charge is 2.44. The van der Waals surface area contributed by atoms with Crippen LogP contribution in [0.5, 0.6) is 0 Å². The lowest BCUT2D eigenvalue weighted by atomic mass is 9.87. The molecule has 1 aromatic rings. The Kier molecular flexibility index (Phi) is 3.90. The van der Waals surface area contributed by atoms with E-state index in [-0.39, 0.29) is 11.8 Å². The molecule has 1 unspecified atom stereocenters. The number of pyridine rings is 1. The first kappa shape index (κ1) is 14.0. The van der Waals surface area contributed by atoms with Crippen molar-refractivity contribution < 1.29 is 9.53 Å². The van der Waals surface area contributed by atoms with Gasteiger partial charge in [-0.3, -0.25) is 9.78 Å². The van der Waals surface area contributed by atoms with Gasteiger partial charge in [0.1, 0.15) is 5.60 Å². The maximum atomic E-state index is 12.5. The number of rotatable bonds is 4. The SMILES string of the molecule is COC(C)(C(=O)N1CC(c2ccccn2)C1)C(C)C. The van der Waals surface area contributed by atoms with Gasteiger partial charge in [0.2, 0.25) is 0 Å². The quantitative estimate of drug-likeness (QED) is 0.834. The number of ether oxygens (including phenoxy) is 1. The average molecular weight is 262 g/mol. The van der Waals surface area contributed by atoms with E-state index in [0.717, 1.165) is 18.8 Å². The van der Waals surface area contributed by atoms with Gasteiger partial charge in [0.25, 0.3) is 5.91 Å². The summed E-state index contributed by atoms with van der Waals surface area (Å²) in [6, 6.07) is 5.91. The van der Waals surface area contributed by atoms with E-state index in [1.165, 1.54) is 0 Å². The van der Waals surface area contributed by atoms with E-state index in [1.54, 1.807) is 13.3 Å². The number of amides is 1. The summed E-state index contributed by atoms with van der Waals surface area (Å²) in [5, 5.41) is 0. The van der Waals surface area contributed by atoms with Crippen molar-refractivity contribution in [2.45, 2.75) is 32.3 Å². The minimum Gasteiger partial charge on any atom is -0.368 e. The van der Waals surface area contributed by atoms with Crippen molar-refractivity contribution in [3.8, 4) is 0 Å². The van der Waals surface area contributed by atoms with E-state index in [0.29, 0.717) is 5.92 Å². The first-order valence-corrected chi connectivity index (χ1v) is 6.74. The fourth-order valence-electron chi connectivity index (χ4n) is 2.33. The Bertz CT molecular complexity index is 441. The van der Waals surface area contributed by atoms with E-state index in [2.05, 4.69) is 4.98 Å². The molecule has 4 nitrogen and oxygen atoms in total. The average Bonchev–Trinajstić information content (AvgIpc) is 2.36. The molecule has 0 aliphatic carbocycles. The van der Waals surface area contributed by atoms with Crippen LogP contribution in [-0.2, 0) is 9.53 Å². The maximum Gasteiger partial charge on any atom is 0.254 e. The van der Waals surface area contributed by atoms with Gasteiger partial charge in [-0.2, -0.15) is 0 Å². The highest BCUT2D eigenvalue weighted by Crippen LogP contribution is 2.31. The van der Waals surface area contributed by atoms with Gasteiger partial charge in [-0.25, -0.2) is 0 Å². The Balaban J connectivity index is 1.99. The van der Waals surface area contributed by atoms with Gasteiger partial charge < -0.3 is 9.64 Å². The van der Waals surface area contributed by atoms with Crippen molar-refractivity contribution in [2.75, 3.05) is 20.2 Å². The van der Waals surface area contributed by atoms with Gasteiger partial charge in [-0.15, -0.1) is 0 Å². The Hall–Kier alpha value is -1.42. The normalized spacial score (nSPS) is 19.1. The number of nitrogens with zero attached hydrogens (tertiary/aromatic N) is 2. The van der Waals surface area contributed by atoms with Crippen molar-refractivity contribution in [1.29, 1.82) is 0 Å². The number of hydrogen-bond donors (Lipinski definition) is 0. The van der Waals surface area contributed by atoms with E-state index >= 15 is 0 Å². The number of carbonyl (C=O) groups is 1. The Morgan fingerprint density at radius 1 is 1.47 bits per heavy atom. The molecule has 104 valence electrons. The summed E-state index contributed by atoms with van der Waals surface area (Å²) in [5.41, 5.74) is 0.338. The van der Waals surface area contributed by atoms with Crippen molar-refractivity contribution >= 4 is 5.91 Å². The standard InChI is InChI=1S/C15H22N2O2/c1-11(2)15(3,19-4)14(18)17-9-12(10-17)13-7-5-6-8-16-13/h5-8,11-12H,9-10H2,1-4H3. The molecule has 1 saturated heterocycles. The zero-order chi connectivity index (χ0) is 14.0. The van der Waals surface area contributed by atoms with Crippen molar-refractivity contribution in [1.82, 2.24) is 9.88 Å². The fourth-order valence-corrected chi connectivity index (χ4v) is 2.33. The monoisotopic (exact) mass is 262 g/mol. The molecule has 1 atom stereocenters. The molecule has 19 heavy (non-hydrogen) atoms. The van der Waals surface area contributed by atoms with Crippen molar-refractivity contribution in [3.63, 3.8) is 0 Å². The lowest BCUT2D eigenvalue weighted by Crippen LogP contribution is -2.58. The highest BCUT2D eigenvalue weighted by atomic mass is 16.5. The van der Waals surface area contributed by atoms with Crippen molar-refractivity contribution in [2.24, 2.45) is 5.92 Å². The van der Waals surface area contributed by atoms with Crippen LogP contribution in [0.15, 0.2) is 24.4 Å². The largest absolute Gasteiger partial charge is 0.368 e. The molecular formula is C15H22N2O2. The van der Waals surface area contributed by atoms with Gasteiger partial charge in [0, 0.05) is 38.0 Å². The molecule has 1 aromatic heterocycles. The molecule has 0 aromatic carbocycles. The molecule has 2 rings (SSSR count). The van der Waals surface area contributed by atoms with Gasteiger partial charge in [-0.1, -0.05) is 19.9 Å². The van der Waals surface area contributed by atoms with Crippen LogP contribution in [-0.4, -0.2) is 41.6 Å². The molecule has 1 amide bonds. The first-order chi connectivity index (χ1) is 8.99. The summed E-state index contributed by atoms with van der Waals surface area (Å²) in [4.78, 5) is 18.7. The molecule has 1 aliphatic heterocycles. The van der Waals surface area contributed by atoms with Crippen LogP contribution < -0.4 is 0 Å². The number of carbonyl (C=O) groups excluding carboxylic acids is 1. The van der Waals surface area contributed by atoms with E-state index in [1.807, 2.05) is 43.9 Å². The Morgan fingerprint density at radius 3 is 2.63 bits per heavy atom. The van der Waals surface area contributed by atoms with Gasteiger partial charge in [-0.05, 0) is 25.0 Å². The molecule has 0 spiro atoms. The van der Waals surface area contributed by atoms with E-state index in [9.17, 15) is 4.79 Å². The molecular weight excluding hydrogens is 240 g/mol. The summed E-state index contributed by atoms with van der Waals surface area (Å²) < 4.78 is 5.45. The predicted molar refractivity (Wildman–Crippen MR) is 73.8 cm³/mol. The number of aromatic nitrogens is 1. The molecule has 0 saturated carbocycles. The van der Waals surface area contributed by atoms with Crippen LogP contribution >= 0.6 is 0 Å². The van der Waals surface area contributed by atoms with Crippen molar-refractivity contribution in [3.05, 3.63) is 30.1 Å². The van der Waals surface area contributed by atoms with Crippen LogP contribution in [0.2, 0.25) is 0 Å². The van der Waals surface area contributed by atoms with Crippen LogP contribution in [0, 0.1) is 5.92 Å². The molecule has 1 aliphatic rings. The lowest BCUT2D eigenvalue weighted by molar-refractivity contribution is -0.163. The van der Waals surface area contributed by atoms with E-state index in [4.69, 9.17) is 4.74 Å². The summed E-state index contributed by atoms with van der Waals surface area (Å²) in [7, 11) is 1.61. The summed E-state index contributed by atoms with van der Waals surface area (Å²) in [6.07, 6.45) is 1.80. The molecule has 0 bridgehead atoms. The van der Waals surface area contributed by atoms with E-state index < -0.39 is 5.60 Å². The Labute approximate surface area is 114 Å². The predicted octanol–water partition coefficient (Wildman–Crippen LogP) is 2.07. The van der Waals surface area contributed by atoms with Gasteiger partial charge in [0.15, 0.2) is 0 Å². The molecule has 2 heterocycles. The van der Waals surface area contributed by atoms with Crippen LogP contribution in [0.4, 0.5) is 0 Å². The van der Waals surface area contributed by atoms with Crippen LogP contribution in [0.3, 0.4) is 0 Å². The zero-order valence-electron chi connectivity index (χ0n) is 12.1. The van der Waals surface area contributed by atoms with Gasteiger partial charge >= 0.3 is 0 Å². The summed E-state index contributed by atoms with van der Waals surface area (Å²) in [5.74, 6) is 0.592. The van der Waals surface area contributed by atoms with Crippen LogP contribution in [0.1, 0.15) is 32.4 Å². The smallest absolute Gasteiger partial charge is 0.254 e. The molecule has 0 radical (unpaired) electrons. The molecule has 0 N–H and O–H groups in total. The minimum atomic E-state index is -0.727.